The van der Waals surface area contributed by atoms with Crippen LogP contribution in [-0.2, 0) is 10.2 Å². The van der Waals surface area contributed by atoms with E-state index < -0.39 is 0 Å². The molecule has 1 amide bonds. The number of rotatable bonds is 7. The Morgan fingerprint density at radius 2 is 1.63 bits per heavy atom. The average Bonchev–Trinajstić information content (AvgIpc) is 2.74. The van der Waals surface area contributed by atoms with Crippen molar-refractivity contribution in [1.29, 1.82) is 0 Å². The summed E-state index contributed by atoms with van der Waals surface area (Å²) in [6.07, 6.45) is 4.01. The summed E-state index contributed by atoms with van der Waals surface area (Å²) in [6, 6.07) is 21.4. The first-order valence-electron chi connectivity index (χ1n) is 9.99. The molecule has 0 saturated carbocycles. The Morgan fingerprint density at radius 1 is 1.00 bits per heavy atom. The number of hydrogen-bond donors (Lipinski definition) is 1. The average molecular weight is 403 g/mol. The van der Waals surface area contributed by atoms with Gasteiger partial charge in [0.1, 0.15) is 17.3 Å². The molecule has 0 radical (unpaired) electrons. The molecule has 0 saturated heterocycles. The Labute approximate surface area is 177 Å². The number of carbonyl (C=O) groups excluding carboxylic acids is 1. The molecule has 0 bridgehead atoms. The minimum atomic E-state index is -0.336. The monoisotopic (exact) mass is 403 g/mol. The maximum Gasteiger partial charge on any atom is 0.248 e. The predicted octanol–water partition coefficient (Wildman–Crippen LogP) is 6.96. The number of amides is 1. The van der Waals surface area contributed by atoms with Gasteiger partial charge in [0.15, 0.2) is 0 Å². The number of hydrogen-bond acceptors (Lipinski definition) is 2. The van der Waals surface area contributed by atoms with Gasteiger partial charge in [-0.25, -0.2) is 4.39 Å². The minimum absolute atomic E-state index is 0.140. The van der Waals surface area contributed by atoms with Gasteiger partial charge in [0.25, 0.3) is 0 Å². The predicted molar refractivity (Wildman–Crippen MR) is 120 cm³/mol. The molecule has 0 aromatic heterocycles. The SMILES string of the molecule is CCC(C)(C)c1ccc(Oc2ccc(NC(=O)C=Cc3cccc(F)c3)cc2)cc1. The van der Waals surface area contributed by atoms with Crippen LogP contribution in [0, 0.1) is 5.82 Å². The third-order valence-electron chi connectivity index (χ3n) is 5.15. The maximum atomic E-state index is 13.2. The van der Waals surface area contributed by atoms with Crippen LogP contribution in [0.15, 0.2) is 78.9 Å². The van der Waals surface area contributed by atoms with Crippen molar-refractivity contribution in [3.63, 3.8) is 0 Å². The van der Waals surface area contributed by atoms with E-state index in [0.29, 0.717) is 17.0 Å². The van der Waals surface area contributed by atoms with Crippen LogP contribution in [0.4, 0.5) is 10.1 Å². The molecular weight excluding hydrogens is 377 g/mol. The molecule has 0 heterocycles. The van der Waals surface area contributed by atoms with Crippen LogP contribution in [0.5, 0.6) is 11.5 Å². The Kier molecular flexibility index (Phi) is 6.68. The van der Waals surface area contributed by atoms with E-state index in [2.05, 4.69) is 38.2 Å². The first kappa shape index (κ1) is 21.3. The highest BCUT2D eigenvalue weighted by Crippen LogP contribution is 2.29. The van der Waals surface area contributed by atoms with Crippen LogP contribution in [0.25, 0.3) is 6.08 Å². The zero-order valence-electron chi connectivity index (χ0n) is 17.5. The van der Waals surface area contributed by atoms with Gasteiger partial charge in [-0.3, -0.25) is 4.79 Å². The third kappa shape index (κ3) is 5.80. The zero-order valence-corrected chi connectivity index (χ0v) is 17.5. The molecule has 3 aromatic rings. The normalized spacial score (nSPS) is 11.5. The smallest absolute Gasteiger partial charge is 0.248 e. The third-order valence-corrected chi connectivity index (χ3v) is 5.15. The molecule has 0 aliphatic heterocycles. The van der Waals surface area contributed by atoms with E-state index in [1.165, 1.54) is 23.8 Å². The van der Waals surface area contributed by atoms with Crippen LogP contribution >= 0.6 is 0 Å². The van der Waals surface area contributed by atoms with Crippen molar-refractivity contribution in [2.75, 3.05) is 5.32 Å². The molecule has 154 valence electrons. The number of anilines is 1. The van der Waals surface area contributed by atoms with Gasteiger partial charge >= 0.3 is 0 Å². The summed E-state index contributed by atoms with van der Waals surface area (Å²) in [5.74, 6) is 0.824. The second kappa shape index (κ2) is 9.40. The van der Waals surface area contributed by atoms with Crippen molar-refractivity contribution >= 4 is 17.7 Å². The van der Waals surface area contributed by atoms with E-state index in [-0.39, 0.29) is 17.1 Å². The Bertz CT molecular complexity index is 1020. The van der Waals surface area contributed by atoms with Gasteiger partial charge in [-0.2, -0.15) is 0 Å². The highest BCUT2D eigenvalue weighted by Gasteiger charge is 2.17. The topological polar surface area (TPSA) is 38.3 Å². The Balaban J connectivity index is 1.57. The second-order valence-corrected chi connectivity index (χ2v) is 7.77. The first-order valence-corrected chi connectivity index (χ1v) is 9.99. The van der Waals surface area contributed by atoms with Crippen LogP contribution in [-0.4, -0.2) is 5.91 Å². The van der Waals surface area contributed by atoms with Crippen LogP contribution in [0.1, 0.15) is 38.3 Å². The van der Waals surface area contributed by atoms with Gasteiger partial charge in [-0.15, -0.1) is 0 Å². The Hall–Kier alpha value is -3.40. The summed E-state index contributed by atoms with van der Waals surface area (Å²) >= 11 is 0. The van der Waals surface area contributed by atoms with Gasteiger partial charge in [-0.05, 0) is 77.6 Å². The molecule has 4 heteroatoms. The molecule has 0 aliphatic rings. The molecule has 0 fully saturated rings. The van der Waals surface area contributed by atoms with E-state index >= 15 is 0 Å². The van der Waals surface area contributed by atoms with Gasteiger partial charge in [0.05, 0.1) is 0 Å². The lowest BCUT2D eigenvalue weighted by Crippen LogP contribution is -2.14. The van der Waals surface area contributed by atoms with Gasteiger partial charge in [0.2, 0.25) is 5.91 Å². The molecule has 3 rings (SSSR count). The number of nitrogens with one attached hydrogen (secondary N) is 1. The molecule has 3 aromatic carbocycles. The Morgan fingerprint density at radius 3 is 2.23 bits per heavy atom. The molecule has 3 nitrogen and oxygen atoms in total. The highest BCUT2D eigenvalue weighted by atomic mass is 19.1. The van der Waals surface area contributed by atoms with E-state index in [9.17, 15) is 9.18 Å². The molecule has 30 heavy (non-hydrogen) atoms. The molecule has 0 aliphatic carbocycles. The lowest BCUT2D eigenvalue weighted by molar-refractivity contribution is -0.111. The summed E-state index contributed by atoms with van der Waals surface area (Å²) in [5, 5.41) is 2.77. The van der Waals surface area contributed by atoms with Crippen molar-refractivity contribution in [2.24, 2.45) is 0 Å². The summed E-state index contributed by atoms with van der Waals surface area (Å²) in [5.41, 5.74) is 2.70. The number of ether oxygens (including phenoxy) is 1. The van der Waals surface area contributed by atoms with E-state index in [1.807, 2.05) is 12.1 Å². The fraction of sp³-hybridized carbons (Fsp3) is 0.192. The largest absolute Gasteiger partial charge is 0.457 e. The van der Waals surface area contributed by atoms with Gasteiger partial charge in [0, 0.05) is 11.8 Å². The van der Waals surface area contributed by atoms with E-state index in [4.69, 9.17) is 4.74 Å². The van der Waals surface area contributed by atoms with Crippen molar-refractivity contribution in [3.8, 4) is 11.5 Å². The van der Waals surface area contributed by atoms with Crippen molar-refractivity contribution in [2.45, 2.75) is 32.6 Å². The summed E-state index contributed by atoms with van der Waals surface area (Å²) in [7, 11) is 0. The second-order valence-electron chi connectivity index (χ2n) is 7.77. The first-order chi connectivity index (χ1) is 14.4. The summed E-state index contributed by atoms with van der Waals surface area (Å²) < 4.78 is 19.1. The number of benzene rings is 3. The van der Waals surface area contributed by atoms with Crippen LogP contribution in [0.2, 0.25) is 0 Å². The van der Waals surface area contributed by atoms with Crippen LogP contribution in [0.3, 0.4) is 0 Å². The maximum absolute atomic E-state index is 13.2. The molecule has 1 N–H and O–H groups in total. The van der Waals surface area contributed by atoms with Crippen LogP contribution < -0.4 is 10.1 Å². The summed E-state index contributed by atoms with van der Waals surface area (Å²) in [6.45, 7) is 6.63. The van der Waals surface area contributed by atoms with Gasteiger partial charge in [-0.1, -0.05) is 45.0 Å². The molecule has 0 atom stereocenters. The van der Waals surface area contributed by atoms with Gasteiger partial charge < -0.3 is 10.1 Å². The highest BCUT2D eigenvalue weighted by molar-refractivity contribution is 6.01. The number of carbonyl (C=O) groups is 1. The van der Waals surface area contributed by atoms with E-state index in [1.54, 1.807) is 42.5 Å². The van der Waals surface area contributed by atoms with Crippen molar-refractivity contribution in [3.05, 3.63) is 95.8 Å². The molecule has 0 unspecified atom stereocenters. The standard InChI is InChI=1S/C26H26FNO2/c1-4-26(2,3)20-9-13-23(14-10-20)30-24-15-11-22(12-16-24)28-25(29)17-8-19-6-5-7-21(27)18-19/h5-18H,4H2,1-3H3,(H,28,29). The van der Waals surface area contributed by atoms with Crippen molar-refractivity contribution < 1.29 is 13.9 Å². The fourth-order valence-electron chi connectivity index (χ4n) is 2.89. The van der Waals surface area contributed by atoms with E-state index in [0.717, 1.165) is 12.2 Å². The lowest BCUT2D eigenvalue weighted by atomic mass is 9.82. The minimum Gasteiger partial charge on any atom is -0.457 e. The molecule has 0 spiro atoms. The number of halogens is 1. The van der Waals surface area contributed by atoms with Crippen molar-refractivity contribution in [1.82, 2.24) is 0 Å². The summed E-state index contributed by atoms with van der Waals surface area (Å²) in [4.78, 5) is 12.1. The molecular formula is C26H26FNO2. The fourth-order valence-corrected chi connectivity index (χ4v) is 2.89. The quantitative estimate of drug-likeness (QED) is 0.433. The lowest BCUT2D eigenvalue weighted by Gasteiger charge is -2.23. The zero-order chi connectivity index (χ0) is 21.6.